The van der Waals surface area contributed by atoms with E-state index in [0.717, 1.165) is 12.2 Å². The molecule has 0 rings (SSSR count). The predicted molar refractivity (Wildman–Crippen MR) is 47.0 cm³/mol. The third-order valence-corrected chi connectivity index (χ3v) is 1.44. The maximum atomic E-state index is 4.98. The second-order valence-electron chi connectivity index (χ2n) is 1.89. The van der Waals surface area contributed by atoms with E-state index < -0.39 is 0 Å². The van der Waals surface area contributed by atoms with Crippen LogP contribution in [0.3, 0.4) is 0 Å². The largest absolute Gasteiger partial charge is 0.501 e. The van der Waals surface area contributed by atoms with Crippen LogP contribution >= 0.6 is 0 Å². The molecule has 0 spiro atoms. The molecule has 0 amide bonds. The highest BCUT2D eigenvalue weighted by atomic mass is 16.5. The summed E-state index contributed by atoms with van der Waals surface area (Å²) in [6.07, 6.45) is 1.08. The molecule has 0 aliphatic heterocycles. The smallest absolute Gasteiger partial charge is 0.0913 e. The fourth-order valence-corrected chi connectivity index (χ4v) is 0.423. The van der Waals surface area contributed by atoms with Crippen molar-refractivity contribution in [2.24, 2.45) is 0 Å². The second-order valence-corrected chi connectivity index (χ2v) is 1.89. The molecule has 0 saturated carbocycles. The lowest BCUT2D eigenvalue weighted by atomic mass is 10.2. The lowest BCUT2D eigenvalue weighted by molar-refractivity contribution is 0.288. The van der Waals surface area contributed by atoms with Gasteiger partial charge in [0.25, 0.3) is 0 Å². The minimum absolute atomic E-state index is 1.05. The average Bonchev–Trinajstić information content (AvgIpc) is 2.05. The molecule has 0 aliphatic carbocycles. The zero-order valence-electron chi connectivity index (χ0n) is 8.12. The highest BCUT2D eigenvalue weighted by molar-refractivity contribution is 5.01. The first-order valence-corrected chi connectivity index (χ1v) is 3.92. The summed E-state index contributed by atoms with van der Waals surface area (Å²) in [4.78, 5) is 0. The van der Waals surface area contributed by atoms with Crippen molar-refractivity contribution in [3.63, 3.8) is 0 Å². The first kappa shape index (κ1) is 12.2. The highest BCUT2D eigenvalue weighted by Crippen LogP contribution is 2.05. The molecule has 1 nitrogen and oxygen atoms in total. The van der Waals surface area contributed by atoms with Gasteiger partial charge in [-0.3, -0.25) is 0 Å². The summed E-state index contributed by atoms with van der Waals surface area (Å²) in [5, 5.41) is 0. The molecule has 0 atom stereocenters. The molecule has 0 aromatic rings. The molecule has 10 heavy (non-hydrogen) atoms. The molecule has 0 fully saturated rings. The molecular weight excluding hydrogens is 124 g/mol. The zero-order valence-corrected chi connectivity index (χ0v) is 8.12. The Kier molecular flexibility index (Phi) is 10.5. The van der Waals surface area contributed by atoms with Gasteiger partial charge >= 0.3 is 0 Å². The third kappa shape index (κ3) is 5.67. The van der Waals surface area contributed by atoms with Gasteiger partial charge in [-0.1, -0.05) is 20.8 Å². The lowest BCUT2D eigenvalue weighted by Crippen LogP contribution is -1.83. The molecule has 62 valence electrons. The van der Waals surface area contributed by atoms with Crippen LogP contribution in [-0.4, -0.2) is 7.11 Å². The predicted octanol–water partition coefficient (Wildman–Crippen LogP) is 3.36. The lowest BCUT2D eigenvalue weighted by Gasteiger charge is -2.01. The fraction of sp³-hybridized carbons (Fsp3) is 0.778. The van der Waals surface area contributed by atoms with Crippen molar-refractivity contribution in [2.45, 2.75) is 41.0 Å². The van der Waals surface area contributed by atoms with E-state index in [1.54, 1.807) is 7.11 Å². The van der Waals surface area contributed by atoms with Gasteiger partial charge in [-0.25, -0.2) is 0 Å². The number of hydrogen-bond donors (Lipinski definition) is 0. The Balaban J connectivity index is 0. The van der Waals surface area contributed by atoms with E-state index in [-0.39, 0.29) is 0 Å². The molecular formula is C9H20O. The minimum atomic E-state index is 1.05. The SMILES string of the molecule is CC.CC/C(C)=C(/C)OC. The van der Waals surface area contributed by atoms with Crippen LogP contribution in [0.4, 0.5) is 0 Å². The van der Waals surface area contributed by atoms with Crippen LogP contribution < -0.4 is 0 Å². The maximum Gasteiger partial charge on any atom is 0.0913 e. The molecule has 0 heterocycles. The molecule has 0 aromatic carbocycles. The number of allylic oxidation sites excluding steroid dienone is 2. The van der Waals surface area contributed by atoms with Crippen LogP contribution in [0, 0.1) is 0 Å². The van der Waals surface area contributed by atoms with Crippen LogP contribution in [0.1, 0.15) is 41.0 Å². The van der Waals surface area contributed by atoms with Crippen molar-refractivity contribution >= 4 is 0 Å². The standard InChI is InChI=1S/C7H14O.C2H6/c1-5-6(2)7(3)8-4;1-2/h5H2,1-4H3;1-2H3/b7-6-;. The Labute approximate surface area is 65.1 Å². The summed E-state index contributed by atoms with van der Waals surface area (Å²) in [7, 11) is 1.70. The fourth-order valence-electron chi connectivity index (χ4n) is 0.423. The monoisotopic (exact) mass is 144 g/mol. The quantitative estimate of drug-likeness (QED) is 0.540. The van der Waals surface area contributed by atoms with E-state index in [9.17, 15) is 0 Å². The summed E-state index contributed by atoms with van der Waals surface area (Å²) >= 11 is 0. The average molecular weight is 144 g/mol. The van der Waals surface area contributed by atoms with Crippen molar-refractivity contribution in [3.05, 3.63) is 11.3 Å². The van der Waals surface area contributed by atoms with Gasteiger partial charge in [-0.2, -0.15) is 0 Å². The van der Waals surface area contributed by atoms with Crippen LogP contribution in [-0.2, 0) is 4.74 Å². The topological polar surface area (TPSA) is 9.23 Å². The Morgan fingerprint density at radius 3 is 1.70 bits per heavy atom. The molecule has 0 saturated heterocycles. The minimum Gasteiger partial charge on any atom is -0.501 e. The van der Waals surface area contributed by atoms with Crippen molar-refractivity contribution in [2.75, 3.05) is 7.11 Å². The Morgan fingerprint density at radius 2 is 1.60 bits per heavy atom. The highest BCUT2D eigenvalue weighted by Gasteiger charge is 1.89. The molecule has 0 N–H and O–H groups in total. The first-order valence-electron chi connectivity index (χ1n) is 3.92. The number of rotatable bonds is 2. The Bertz CT molecular complexity index is 80.9. The van der Waals surface area contributed by atoms with E-state index >= 15 is 0 Å². The van der Waals surface area contributed by atoms with Crippen molar-refractivity contribution < 1.29 is 4.74 Å². The van der Waals surface area contributed by atoms with E-state index in [1.165, 1.54) is 5.57 Å². The van der Waals surface area contributed by atoms with Gasteiger partial charge in [0.1, 0.15) is 0 Å². The van der Waals surface area contributed by atoms with Crippen LogP contribution in [0.25, 0.3) is 0 Å². The summed E-state index contributed by atoms with van der Waals surface area (Å²) in [6, 6.07) is 0. The summed E-state index contributed by atoms with van der Waals surface area (Å²) in [5.41, 5.74) is 1.33. The normalized spacial score (nSPS) is 11.0. The van der Waals surface area contributed by atoms with Crippen LogP contribution in [0.15, 0.2) is 11.3 Å². The zero-order chi connectivity index (χ0) is 8.57. The van der Waals surface area contributed by atoms with E-state index in [4.69, 9.17) is 4.74 Å². The molecule has 0 aliphatic rings. The number of methoxy groups -OCH3 is 1. The van der Waals surface area contributed by atoms with E-state index in [0.29, 0.717) is 0 Å². The van der Waals surface area contributed by atoms with Crippen molar-refractivity contribution in [3.8, 4) is 0 Å². The van der Waals surface area contributed by atoms with Gasteiger partial charge < -0.3 is 4.74 Å². The number of ether oxygens (including phenoxy) is 1. The van der Waals surface area contributed by atoms with Crippen molar-refractivity contribution in [1.82, 2.24) is 0 Å². The molecule has 1 heteroatoms. The van der Waals surface area contributed by atoms with Crippen LogP contribution in [0.2, 0.25) is 0 Å². The van der Waals surface area contributed by atoms with Crippen LogP contribution in [0.5, 0.6) is 0 Å². The van der Waals surface area contributed by atoms with Gasteiger partial charge in [-0.05, 0) is 25.8 Å². The Morgan fingerprint density at radius 1 is 1.20 bits per heavy atom. The van der Waals surface area contributed by atoms with Gasteiger partial charge in [0, 0.05) is 0 Å². The Hall–Kier alpha value is -0.460. The second kappa shape index (κ2) is 8.54. The maximum absolute atomic E-state index is 4.98. The van der Waals surface area contributed by atoms with Gasteiger partial charge in [0.05, 0.1) is 12.9 Å². The van der Waals surface area contributed by atoms with E-state index in [1.807, 2.05) is 20.8 Å². The van der Waals surface area contributed by atoms with Gasteiger partial charge in [-0.15, -0.1) is 0 Å². The molecule has 0 unspecified atom stereocenters. The molecule has 0 bridgehead atoms. The molecule has 0 radical (unpaired) electrons. The first-order chi connectivity index (χ1) is 4.72. The van der Waals surface area contributed by atoms with E-state index in [2.05, 4.69) is 13.8 Å². The summed E-state index contributed by atoms with van der Waals surface area (Å²) < 4.78 is 4.98. The summed E-state index contributed by atoms with van der Waals surface area (Å²) in [6.45, 7) is 10.2. The third-order valence-electron chi connectivity index (χ3n) is 1.44. The van der Waals surface area contributed by atoms with Gasteiger partial charge in [0.15, 0.2) is 0 Å². The van der Waals surface area contributed by atoms with Crippen molar-refractivity contribution in [1.29, 1.82) is 0 Å². The number of hydrogen-bond acceptors (Lipinski definition) is 1. The van der Waals surface area contributed by atoms with Gasteiger partial charge in [0.2, 0.25) is 0 Å². The molecule has 0 aromatic heterocycles. The summed E-state index contributed by atoms with van der Waals surface area (Å²) in [5.74, 6) is 1.05.